The Bertz CT molecular complexity index is 629. The first-order valence-electron chi connectivity index (χ1n) is 6.14. The van der Waals surface area contributed by atoms with Crippen LogP contribution in [0.15, 0.2) is 10.9 Å². The first-order valence-corrected chi connectivity index (χ1v) is 6.14. The van der Waals surface area contributed by atoms with Gasteiger partial charge >= 0.3 is 5.69 Å². The van der Waals surface area contributed by atoms with Crippen LogP contribution in [0.3, 0.4) is 0 Å². The van der Waals surface area contributed by atoms with E-state index >= 15 is 0 Å². The number of fused-ring (bicyclic) bond motifs is 1. The molecule has 0 aliphatic carbocycles. The third kappa shape index (κ3) is 2.45. The number of hydrogen-bond donors (Lipinski definition) is 2. The summed E-state index contributed by atoms with van der Waals surface area (Å²) < 4.78 is 12.5. The van der Waals surface area contributed by atoms with Gasteiger partial charge in [-0.1, -0.05) is 0 Å². The number of rotatable bonds is 3. The summed E-state index contributed by atoms with van der Waals surface area (Å²) in [6.07, 6.45) is 0.0217. The lowest BCUT2D eigenvalue weighted by Gasteiger charge is -2.23. The highest BCUT2D eigenvalue weighted by Gasteiger charge is 2.15. The van der Waals surface area contributed by atoms with Crippen molar-refractivity contribution in [2.24, 2.45) is 0 Å². The Morgan fingerprint density at radius 3 is 3.32 bits per heavy atom. The van der Waals surface area contributed by atoms with Crippen LogP contribution in [-0.2, 0) is 4.74 Å². The summed E-state index contributed by atoms with van der Waals surface area (Å²) in [7, 11) is 0. The molecule has 1 unspecified atom stereocenters. The number of ether oxygens (including phenoxy) is 2. The summed E-state index contributed by atoms with van der Waals surface area (Å²) in [5.41, 5.74) is 0.196. The Morgan fingerprint density at radius 1 is 1.63 bits per heavy atom. The molecule has 1 aliphatic rings. The summed E-state index contributed by atoms with van der Waals surface area (Å²) in [5.74, 6) is 0.979. The maximum atomic E-state index is 11.5. The Kier molecular flexibility index (Phi) is 3.18. The van der Waals surface area contributed by atoms with Crippen LogP contribution in [0.2, 0.25) is 0 Å². The van der Waals surface area contributed by atoms with Crippen LogP contribution in [0.5, 0.6) is 5.88 Å². The molecule has 2 aromatic heterocycles. The second-order valence-electron chi connectivity index (χ2n) is 4.37. The van der Waals surface area contributed by atoms with Gasteiger partial charge in [0.25, 0.3) is 0 Å². The fourth-order valence-electron chi connectivity index (χ4n) is 2.05. The zero-order valence-electron chi connectivity index (χ0n) is 10.5. The van der Waals surface area contributed by atoms with Crippen molar-refractivity contribution >= 4 is 5.65 Å². The molecule has 0 amide bonds. The predicted octanol–water partition coefficient (Wildman–Crippen LogP) is -0.907. The van der Waals surface area contributed by atoms with Crippen LogP contribution >= 0.6 is 0 Å². The molecule has 0 saturated carbocycles. The molecule has 19 heavy (non-hydrogen) atoms. The van der Waals surface area contributed by atoms with E-state index < -0.39 is 0 Å². The fourth-order valence-corrected chi connectivity index (χ4v) is 2.05. The molecule has 0 aromatic carbocycles. The van der Waals surface area contributed by atoms with Gasteiger partial charge in [0.1, 0.15) is 18.5 Å². The van der Waals surface area contributed by atoms with Crippen LogP contribution in [0.25, 0.3) is 5.65 Å². The molecule has 1 atom stereocenters. The molecule has 0 bridgehead atoms. The molecule has 3 heterocycles. The fraction of sp³-hybridized carbons (Fsp3) is 0.545. The number of morpholine rings is 1. The summed E-state index contributed by atoms with van der Waals surface area (Å²) >= 11 is 0. The number of nitrogens with zero attached hydrogens (tertiary/aromatic N) is 3. The van der Waals surface area contributed by atoms with Crippen molar-refractivity contribution in [3.63, 3.8) is 0 Å². The molecule has 2 N–H and O–H groups in total. The average molecular weight is 265 g/mol. The van der Waals surface area contributed by atoms with E-state index in [1.54, 1.807) is 13.0 Å². The van der Waals surface area contributed by atoms with E-state index in [1.165, 1.54) is 4.40 Å². The van der Waals surface area contributed by atoms with Gasteiger partial charge in [-0.3, -0.25) is 0 Å². The summed E-state index contributed by atoms with van der Waals surface area (Å²) in [5, 5.41) is 9.50. The highest BCUT2D eigenvalue weighted by molar-refractivity contribution is 5.40. The van der Waals surface area contributed by atoms with Crippen LogP contribution in [0.4, 0.5) is 0 Å². The van der Waals surface area contributed by atoms with E-state index in [0.717, 1.165) is 13.1 Å². The largest absolute Gasteiger partial charge is 0.475 e. The Balaban J connectivity index is 1.75. The van der Waals surface area contributed by atoms with Crippen molar-refractivity contribution in [2.45, 2.75) is 13.0 Å². The van der Waals surface area contributed by atoms with Crippen molar-refractivity contribution in [2.75, 3.05) is 26.3 Å². The van der Waals surface area contributed by atoms with E-state index in [4.69, 9.17) is 9.47 Å². The summed E-state index contributed by atoms with van der Waals surface area (Å²) in [4.78, 5) is 15.7. The molecule has 8 nitrogen and oxygen atoms in total. The highest BCUT2D eigenvalue weighted by atomic mass is 16.5. The Morgan fingerprint density at radius 2 is 2.53 bits per heavy atom. The average Bonchev–Trinajstić information content (AvgIpc) is 2.80. The van der Waals surface area contributed by atoms with E-state index in [9.17, 15) is 4.79 Å². The molecule has 1 saturated heterocycles. The molecule has 3 rings (SSSR count). The molecule has 1 aliphatic heterocycles. The van der Waals surface area contributed by atoms with Gasteiger partial charge in [-0.05, 0) is 6.92 Å². The Labute approximate surface area is 108 Å². The second kappa shape index (κ2) is 4.98. The lowest BCUT2D eigenvalue weighted by molar-refractivity contribution is -0.000783. The van der Waals surface area contributed by atoms with Gasteiger partial charge < -0.3 is 14.8 Å². The molecule has 8 heteroatoms. The van der Waals surface area contributed by atoms with Crippen molar-refractivity contribution in [3.05, 3.63) is 22.4 Å². The first-order chi connectivity index (χ1) is 9.24. The number of H-pyrrole nitrogens is 1. The SMILES string of the molecule is Cc1nc(OCC2CNCCO2)cc2n[nH]c(=O)n12. The third-order valence-electron chi connectivity index (χ3n) is 2.97. The van der Waals surface area contributed by atoms with Gasteiger partial charge in [-0.15, -0.1) is 0 Å². The normalized spacial score (nSPS) is 19.7. The lowest BCUT2D eigenvalue weighted by atomic mass is 10.3. The third-order valence-corrected chi connectivity index (χ3v) is 2.97. The minimum Gasteiger partial charge on any atom is -0.475 e. The quantitative estimate of drug-likeness (QED) is 0.746. The lowest BCUT2D eigenvalue weighted by Crippen LogP contribution is -2.41. The van der Waals surface area contributed by atoms with Crippen LogP contribution in [0, 0.1) is 6.92 Å². The van der Waals surface area contributed by atoms with Crippen LogP contribution in [0.1, 0.15) is 5.82 Å². The molecule has 0 spiro atoms. The minimum atomic E-state index is -0.300. The highest BCUT2D eigenvalue weighted by Crippen LogP contribution is 2.11. The number of hydrogen-bond acceptors (Lipinski definition) is 6. The first kappa shape index (κ1) is 12.1. The molecule has 102 valence electrons. The van der Waals surface area contributed by atoms with Crippen LogP contribution < -0.4 is 15.7 Å². The van der Waals surface area contributed by atoms with Crippen molar-refractivity contribution in [1.29, 1.82) is 0 Å². The van der Waals surface area contributed by atoms with Gasteiger partial charge in [-0.2, -0.15) is 10.1 Å². The predicted molar refractivity (Wildman–Crippen MR) is 66.4 cm³/mol. The molecule has 2 aromatic rings. The molecule has 0 radical (unpaired) electrons. The number of nitrogens with one attached hydrogen (secondary N) is 2. The van der Waals surface area contributed by atoms with Crippen molar-refractivity contribution < 1.29 is 9.47 Å². The smallest absolute Gasteiger partial charge is 0.349 e. The van der Waals surface area contributed by atoms with E-state index in [1.807, 2.05) is 0 Å². The number of aromatic amines is 1. The van der Waals surface area contributed by atoms with Crippen molar-refractivity contribution in [3.8, 4) is 5.88 Å². The van der Waals surface area contributed by atoms with Gasteiger partial charge in [0.05, 0.1) is 6.61 Å². The zero-order valence-corrected chi connectivity index (χ0v) is 10.5. The summed E-state index contributed by atoms with van der Waals surface area (Å²) in [6, 6.07) is 1.63. The standard InChI is InChI=1S/C11H15N5O3/c1-7-13-10(4-9-14-15-11(17)16(7)9)19-6-8-5-12-2-3-18-8/h4,8,12H,2-3,5-6H2,1H3,(H,15,17). The van der Waals surface area contributed by atoms with Gasteiger partial charge in [-0.25, -0.2) is 14.3 Å². The van der Waals surface area contributed by atoms with Gasteiger partial charge in [0.15, 0.2) is 5.65 Å². The number of aryl methyl sites for hydroxylation is 1. The minimum absolute atomic E-state index is 0.0217. The molecular weight excluding hydrogens is 250 g/mol. The Hall–Kier alpha value is -1.93. The zero-order chi connectivity index (χ0) is 13.2. The molecular formula is C11H15N5O3. The van der Waals surface area contributed by atoms with Gasteiger partial charge in [0, 0.05) is 19.2 Å². The van der Waals surface area contributed by atoms with E-state index in [0.29, 0.717) is 30.6 Å². The second-order valence-corrected chi connectivity index (χ2v) is 4.37. The monoisotopic (exact) mass is 265 g/mol. The maximum Gasteiger partial charge on any atom is 0.349 e. The maximum absolute atomic E-state index is 11.5. The van der Waals surface area contributed by atoms with Crippen molar-refractivity contribution in [1.82, 2.24) is 24.9 Å². The van der Waals surface area contributed by atoms with E-state index in [2.05, 4.69) is 20.5 Å². The van der Waals surface area contributed by atoms with E-state index in [-0.39, 0.29) is 11.8 Å². The van der Waals surface area contributed by atoms with Gasteiger partial charge in [0.2, 0.25) is 5.88 Å². The topological polar surface area (TPSA) is 93.5 Å². The summed E-state index contributed by atoms with van der Waals surface area (Å²) in [6.45, 7) is 4.48. The molecule has 1 fully saturated rings. The van der Waals surface area contributed by atoms with Crippen LogP contribution in [-0.4, -0.2) is 52.0 Å². The number of aromatic nitrogens is 4.